The fourth-order valence-electron chi connectivity index (χ4n) is 7.74. The van der Waals surface area contributed by atoms with Crippen molar-refractivity contribution < 1.29 is 4.42 Å². The second kappa shape index (κ2) is 11.5. The maximum Gasteiger partial charge on any atom is 0.137 e. The molecule has 0 aliphatic heterocycles. The minimum Gasteiger partial charge on any atom is -0.456 e. The van der Waals surface area contributed by atoms with E-state index in [0.717, 1.165) is 39.0 Å². The number of hydrogen-bond donors (Lipinski definition) is 0. The molecule has 0 atom stereocenters. The van der Waals surface area contributed by atoms with Crippen molar-refractivity contribution in [2.24, 2.45) is 0 Å². The van der Waals surface area contributed by atoms with Crippen LogP contribution in [-0.2, 0) is 0 Å². The number of benzene rings is 9. The Morgan fingerprint density at radius 3 is 1.56 bits per heavy atom. The van der Waals surface area contributed by atoms with Crippen molar-refractivity contribution in [2.75, 3.05) is 4.90 Å². The maximum atomic E-state index is 6.42. The minimum absolute atomic E-state index is 0.873. The molecule has 9 aromatic carbocycles. The average Bonchev–Trinajstić information content (AvgIpc) is 3.56. The first kappa shape index (κ1) is 28.4. The van der Waals surface area contributed by atoms with Crippen LogP contribution in [-0.4, -0.2) is 0 Å². The van der Waals surface area contributed by atoms with Gasteiger partial charge in [0.15, 0.2) is 0 Å². The van der Waals surface area contributed by atoms with Crippen molar-refractivity contribution in [2.45, 2.75) is 0 Å². The summed E-state index contributed by atoms with van der Waals surface area (Å²) in [6.07, 6.45) is 0. The zero-order valence-electron chi connectivity index (χ0n) is 27.3. The molecule has 10 aromatic rings. The molecule has 0 fully saturated rings. The third kappa shape index (κ3) is 4.57. The van der Waals surface area contributed by atoms with Gasteiger partial charge >= 0.3 is 0 Å². The maximum absolute atomic E-state index is 6.42. The Hall–Kier alpha value is -6.64. The van der Waals surface area contributed by atoms with Gasteiger partial charge in [0, 0.05) is 33.9 Å². The van der Waals surface area contributed by atoms with E-state index in [1.807, 2.05) is 12.1 Å². The minimum atomic E-state index is 0.873. The van der Waals surface area contributed by atoms with E-state index in [2.05, 4.69) is 181 Å². The van der Waals surface area contributed by atoms with E-state index in [9.17, 15) is 0 Å². The molecular weight excluding hydrogens is 607 g/mol. The Bertz CT molecular complexity index is 2870. The van der Waals surface area contributed by atoms with Gasteiger partial charge in [0.2, 0.25) is 0 Å². The van der Waals surface area contributed by atoms with Crippen LogP contribution in [0.4, 0.5) is 17.1 Å². The summed E-state index contributed by atoms with van der Waals surface area (Å²) in [7, 11) is 0. The van der Waals surface area contributed by atoms with Gasteiger partial charge in [0.25, 0.3) is 0 Å². The van der Waals surface area contributed by atoms with Gasteiger partial charge < -0.3 is 9.32 Å². The SMILES string of the molecule is c1ccc(-c2c(-c3ccccc3)c3cc(N(c4ccc5ccccc5c4)c4ccc5c(c4)oc4ccccc45)ccc3c3ccccc23)cc1. The molecular formula is C48H31NO. The van der Waals surface area contributed by atoms with Crippen LogP contribution >= 0.6 is 0 Å². The number of furan rings is 1. The van der Waals surface area contributed by atoms with Crippen molar-refractivity contribution in [3.05, 3.63) is 188 Å². The van der Waals surface area contributed by atoms with Crippen molar-refractivity contribution in [3.63, 3.8) is 0 Å². The van der Waals surface area contributed by atoms with Gasteiger partial charge in [-0.1, -0.05) is 140 Å². The van der Waals surface area contributed by atoms with Crippen molar-refractivity contribution in [1.29, 1.82) is 0 Å². The summed E-state index contributed by atoms with van der Waals surface area (Å²) in [5, 5.41) is 9.59. The van der Waals surface area contributed by atoms with Crippen LogP contribution in [0.15, 0.2) is 192 Å². The molecule has 0 spiro atoms. The Labute approximate surface area is 290 Å². The Morgan fingerprint density at radius 1 is 0.300 bits per heavy atom. The fraction of sp³-hybridized carbons (Fsp3) is 0. The Morgan fingerprint density at radius 2 is 0.800 bits per heavy atom. The number of fused-ring (bicyclic) bond motifs is 7. The summed E-state index contributed by atoms with van der Waals surface area (Å²) in [5.41, 5.74) is 9.86. The Balaban J connectivity index is 1.29. The molecule has 0 amide bonds. The van der Waals surface area contributed by atoms with E-state index >= 15 is 0 Å². The molecule has 0 N–H and O–H groups in total. The molecule has 10 rings (SSSR count). The van der Waals surface area contributed by atoms with Crippen LogP contribution in [0.25, 0.3) is 76.5 Å². The van der Waals surface area contributed by atoms with Crippen molar-refractivity contribution in [3.8, 4) is 22.3 Å². The first-order valence-corrected chi connectivity index (χ1v) is 17.1. The van der Waals surface area contributed by atoms with Crippen LogP contribution in [0.5, 0.6) is 0 Å². The predicted molar refractivity (Wildman–Crippen MR) is 212 cm³/mol. The Kier molecular flexibility index (Phi) is 6.53. The molecule has 234 valence electrons. The first-order valence-electron chi connectivity index (χ1n) is 17.1. The van der Waals surface area contributed by atoms with E-state index in [-0.39, 0.29) is 0 Å². The number of hydrogen-bond acceptors (Lipinski definition) is 2. The first-order chi connectivity index (χ1) is 24.8. The standard InChI is InChI=1S/C48H31NO/c1-3-14-33(15-4-1)47-43-21-10-9-19-39(43)40-27-25-37(30-44(40)48(47)34-16-5-2-6-17-34)49(36-24-23-32-13-7-8-18-35(32)29-36)38-26-28-42-41-20-11-12-22-45(41)50-46(42)31-38/h1-31H. The normalized spacial score (nSPS) is 11.6. The molecule has 0 unspecified atom stereocenters. The summed E-state index contributed by atoms with van der Waals surface area (Å²) in [4.78, 5) is 2.37. The van der Waals surface area contributed by atoms with Crippen LogP contribution in [0, 0.1) is 0 Å². The number of para-hydroxylation sites is 1. The predicted octanol–water partition coefficient (Wildman–Crippen LogP) is 13.8. The molecule has 0 saturated heterocycles. The fourth-order valence-corrected chi connectivity index (χ4v) is 7.74. The van der Waals surface area contributed by atoms with Gasteiger partial charge in [-0.15, -0.1) is 0 Å². The number of rotatable bonds is 5. The van der Waals surface area contributed by atoms with E-state index in [4.69, 9.17) is 4.42 Å². The number of anilines is 3. The van der Waals surface area contributed by atoms with E-state index in [1.165, 1.54) is 54.6 Å². The summed E-state index contributed by atoms with van der Waals surface area (Å²) < 4.78 is 6.42. The average molecular weight is 638 g/mol. The lowest BCUT2D eigenvalue weighted by atomic mass is 9.85. The molecule has 1 aromatic heterocycles. The van der Waals surface area contributed by atoms with Crippen LogP contribution < -0.4 is 4.90 Å². The van der Waals surface area contributed by atoms with Gasteiger partial charge in [0.1, 0.15) is 11.2 Å². The van der Waals surface area contributed by atoms with Crippen LogP contribution in [0.1, 0.15) is 0 Å². The topological polar surface area (TPSA) is 16.4 Å². The third-order valence-corrected chi connectivity index (χ3v) is 10.0. The monoisotopic (exact) mass is 637 g/mol. The highest BCUT2D eigenvalue weighted by molar-refractivity contribution is 6.22. The molecule has 1 heterocycles. The quantitative estimate of drug-likeness (QED) is 0.175. The van der Waals surface area contributed by atoms with E-state index in [1.54, 1.807) is 0 Å². The molecule has 2 nitrogen and oxygen atoms in total. The van der Waals surface area contributed by atoms with Gasteiger partial charge in [0.05, 0.1) is 0 Å². The zero-order chi connectivity index (χ0) is 33.0. The highest BCUT2D eigenvalue weighted by atomic mass is 16.3. The van der Waals surface area contributed by atoms with Gasteiger partial charge in [-0.25, -0.2) is 0 Å². The second-order valence-corrected chi connectivity index (χ2v) is 12.9. The van der Waals surface area contributed by atoms with Crippen LogP contribution in [0.3, 0.4) is 0 Å². The van der Waals surface area contributed by atoms with Crippen LogP contribution in [0.2, 0.25) is 0 Å². The number of nitrogens with zero attached hydrogens (tertiary/aromatic N) is 1. The lowest BCUT2D eigenvalue weighted by Gasteiger charge is -2.27. The van der Waals surface area contributed by atoms with Gasteiger partial charge in [-0.2, -0.15) is 0 Å². The third-order valence-electron chi connectivity index (χ3n) is 10.0. The van der Waals surface area contributed by atoms with Crippen molar-refractivity contribution >= 4 is 71.3 Å². The highest BCUT2D eigenvalue weighted by Gasteiger charge is 2.21. The lowest BCUT2D eigenvalue weighted by Crippen LogP contribution is -2.10. The molecule has 0 aliphatic carbocycles. The lowest BCUT2D eigenvalue weighted by molar-refractivity contribution is 0.669. The van der Waals surface area contributed by atoms with Gasteiger partial charge in [-0.3, -0.25) is 0 Å². The molecule has 0 bridgehead atoms. The van der Waals surface area contributed by atoms with Gasteiger partial charge in [-0.05, 0) is 97.0 Å². The summed E-state index contributed by atoms with van der Waals surface area (Å²) in [6, 6.07) is 67.6. The summed E-state index contributed by atoms with van der Waals surface area (Å²) >= 11 is 0. The highest BCUT2D eigenvalue weighted by Crippen LogP contribution is 2.47. The molecule has 2 heteroatoms. The summed E-state index contributed by atoms with van der Waals surface area (Å²) in [5.74, 6) is 0. The van der Waals surface area contributed by atoms with Crippen molar-refractivity contribution in [1.82, 2.24) is 0 Å². The summed E-state index contributed by atoms with van der Waals surface area (Å²) in [6.45, 7) is 0. The largest absolute Gasteiger partial charge is 0.456 e. The molecule has 0 aliphatic rings. The molecule has 50 heavy (non-hydrogen) atoms. The van der Waals surface area contributed by atoms with E-state index in [0.29, 0.717) is 0 Å². The zero-order valence-corrected chi connectivity index (χ0v) is 27.3. The molecule has 0 saturated carbocycles. The van der Waals surface area contributed by atoms with E-state index < -0.39 is 0 Å². The smallest absolute Gasteiger partial charge is 0.137 e. The second-order valence-electron chi connectivity index (χ2n) is 12.9. The molecule has 0 radical (unpaired) electrons.